The minimum Gasteiger partial charge on any atom is -0.487 e. The van der Waals surface area contributed by atoms with Crippen LogP contribution in [0, 0.1) is 36.7 Å². The zero-order valence-corrected chi connectivity index (χ0v) is 21.5. The molecule has 1 heterocycles. The van der Waals surface area contributed by atoms with Gasteiger partial charge in [0.05, 0.1) is 5.02 Å². The van der Waals surface area contributed by atoms with Crippen molar-refractivity contribution in [3.8, 4) is 11.4 Å². The van der Waals surface area contributed by atoms with Crippen molar-refractivity contribution in [3.63, 3.8) is 0 Å². The molecule has 0 saturated carbocycles. The molecule has 4 rings (SSSR count). The summed E-state index contributed by atoms with van der Waals surface area (Å²) in [6.45, 7) is 5.58. The van der Waals surface area contributed by atoms with Crippen LogP contribution in [0.15, 0.2) is 65.8 Å². The van der Waals surface area contributed by atoms with Crippen LogP contribution in [-0.2, 0) is 6.61 Å². The molecule has 0 aliphatic rings. The molecule has 1 atom stereocenters. The molecule has 7 nitrogen and oxygen atoms in total. The van der Waals surface area contributed by atoms with E-state index in [1.165, 1.54) is 17.8 Å². The molecule has 0 spiro atoms. The van der Waals surface area contributed by atoms with Crippen LogP contribution in [0.1, 0.15) is 33.3 Å². The lowest BCUT2D eigenvalue weighted by atomic mass is 10.1. The first-order valence-corrected chi connectivity index (χ1v) is 12.4. The average molecular weight is 527 g/mol. The van der Waals surface area contributed by atoms with Gasteiger partial charge in [0.25, 0.3) is 0 Å². The van der Waals surface area contributed by atoms with E-state index in [1.807, 2.05) is 43.5 Å². The molecule has 0 saturated heterocycles. The number of aromatic nitrogens is 3. The van der Waals surface area contributed by atoms with Crippen molar-refractivity contribution >= 4 is 23.4 Å². The Labute approximate surface area is 217 Å². The second-order valence-corrected chi connectivity index (χ2v) is 9.90. The Bertz CT molecular complexity index is 1410. The summed E-state index contributed by atoms with van der Waals surface area (Å²) in [5, 5.41) is 20.3. The lowest BCUT2D eigenvalue weighted by Gasteiger charge is -2.16. The molecule has 0 amide bonds. The summed E-state index contributed by atoms with van der Waals surface area (Å²) in [5.74, 6) is 0.675. The first kappa shape index (κ1) is 25.7. The molecule has 0 radical (unpaired) electrons. The summed E-state index contributed by atoms with van der Waals surface area (Å²) in [4.78, 5) is 11.2. The number of nitrogens with zero attached hydrogens (tertiary/aromatic N) is 4. The molecule has 36 heavy (non-hydrogen) atoms. The molecule has 0 fully saturated rings. The topological polar surface area (TPSA) is 83.1 Å². The molecule has 0 N–H and O–H groups in total. The van der Waals surface area contributed by atoms with Gasteiger partial charge in [-0.15, -0.1) is 10.2 Å². The Kier molecular flexibility index (Phi) is 7.91. The van der Waals surface area contributed by atoms with Gasteiger partial charge in [0.15, 0.2) is 5.16 Å². The van der Waals surface area contributed by atoms with Gasteiger partial charge in [-0.25, -0.2) is 4.39 Å². The van der Waals surface area contributed by atoms with Crippen molar-refractivity contribution < 1.29 is 14.1 Å². The summed E-state index contributed by atoms with van der Waals surface area (Å²) in [5.41, 5.74) is 4.22. The quantitative estimate of drug-likeness (QED) is 0.137. The number of hydrogen-bond acceptors (Lipinski definition) is 6. The standard InChI is InChI=1S/C26H24ClFN4O3S/c1-16-8-10-21(12-17(16)2)32-18(3)29-30-26(32)36-25(14-31(33)34)19-9-11-24(22(27)13-19)35-15-20-6-4-5-7-23(20)28/h4-13,25H,14-15H2,1-3H3/t25-/m1/s1. The van der Waals surface area contributed by atoms with Crippen molar-refractivity contribution in [2.24, 2.45) is 0 Å². The van der Waals surface area contributed by atoms with Crippen LogP contribution in [0.25, 0.3) is 5.69 Å². The molecule has 1 aromatic heterocycles. The summed E-state index contributed by atoms with van der Waals surface area (Å²) >= 11 is 7.70. The van der Waals surface area contributed by atoms with Gasteiger partial charge >= 0.3 is 0 Å². The Balaban J connectivity index is 1.59. The van der Waals surface area contributed by atoms with E-state index < -0.39 is 5.25 Å². The van der Waals surface area contributed by atoms with Crippen LogP contribution in [0.3, 0.4) is 0 Å². The fourth-order valence-corrected chi connectivity index (χ4v) is 5.07. The zero-order chi connectivity index (χ0) is 25.8. The molecular formula is C26H24ClFN4O3S. The lowest BCUT2D eigenvalue weighted by Crippen LogP contribution is -2.11. The predicted octanol–water partition coefficient (Wildman–Crippen LogP) is 6.67. The van der Waals surface area contributed by atoms with Crippen molar-refractivity contribution in [1.29, 1.82) is 0 Å². The van der Waals surface area contributed by atoms with Gasteiger partial charge in [0, 0.05) is 16.2 Å². The number of halogens is 2. The Morgan fingerprint density at radius 2 is 1.86 bits per heavy atom. The van der Waals surface area contributed by atoms with E-state index in [4.69, 9.17) is 16.3 Å². The van der Waals surface area contributed by atoms with Gasteiger partial charge in [-0.3, -0.25) is 14.7 Å². The predicted molar refractivity (Wildman–Crippen MR) is 138 cm³/mol. The van der Waals surface area contributed by atoms with E-state index >= 15 is 0 Å². The smallest absolute Gasteiger partial charge is 0.220 e. The highest BCUT2D eigenvalue weighted by atomic mass is 35.5. The van der Waals surface area contributed by atoms with Gasteiger partial charge in [-0.05, 0) is 67.8 Å². The number of ether oxygens (including phenoxy) is 1. The van der Waals surface area contributed by atoms with Crippen LogP contribution in [0.4, 0.5) is 4.39 Å². The maximum atomic E-state index is 13.9. The third-order valence-electron chi connectivity index (χ3n) is 5.78. The molecule has 0 aliphatic heterocycles. The highest BCUT2D eigenvalue weighted by Gasteiger charge is 2.25. The number of thioether (sulfide) groups is 1. The highest BCUT2D eigenvalue weighted by Crippen LogP contribution is 2.39. The molecular weight excluding hydrogens is 503 g/mol. The van der Waals surface area contributed by atoms with Crippen molar-refractivity contribution in [1.82, 2.24) is 14.8 Å². The van der Waals surface area contributed by atoms with Gasteiger partial charge < -0.3 is 4.74 Å². The number of benzene rings is 3. The molecule has 0 unspecified atom stereocenters. The normalized spacial score (nSPS) is 11.9. The number of nitro groups is 1. The first-order valence-electron chi connectivity index (χ1n) is 11.2. The minimum absolute atomic E-state index is 0.0111. The minimum atomic E-state index is -0.577. The molecule has 4 aromatic rings. The van der Waals surface area contributed by atoms with E-state index in [1.54, 1.807) is 36.4 Å². The van der Waals surface area contributed by atoms with Crippen molar-refractivity contribution in [2.75, 3.05) is 6.54 Å². The van der Waals surface area contributed by atoms with Crippen molar-refractivity contribution in [3.05, 3.63) is 110 Å². The number of rotatable bonds is 9. The molecule has 186 valence electrons. The van der Waals surface area contributed by atoms with E-state index in [9.17, 15) is 14.5 Å². The maximum Gasteiger partial charge on any atom is 0.220 e. The third kappa shape index (κ3) is 5.85. The Morgan fingerprint density at radius 3 is 2.56 bits per heavy atom. The van der Waals surface area contributed by atoms with E-state index in [0.29, 0.717) is 27.9 Å². The van der Waals surface area contributed by atoms with Crippen LogP contribution in [-0.4, -0.2) is 26.2 Å². The Hall–Kier alpha value is -3.43. The fraction of sp³-hybridized carbons (Fsp3) is 0.231. The second kappa shape index (κ2) is 11.1. The van der Waals surface area contributed by atoms with Crippen molar-refractivity contribution in [2.45, 2.75) is 37.8 Å². The molecule has 0 aliphatic carbocycles. The summed E-state index contributed by atoms with van der Waals surface area (Å²) in [7, 11) is 0. The monoisotopic (exact) mass is 526 g/mol. The van der Waals surface area contributed by atoms with Crippen LogP contribution < -0.4 is 4.74 Å². The number of aryl methyl sites for hydroxylation is 3. The van der Waals surface area contributed by atoms with Crippen LogP contribution >= 0.6 is 23.4 Å². The second-order valence-electron chi connectivity index (χ2n) is 8.33. The maximum absolute atomic E-state index is 13.9. The Morgan fingerprint density at radius 1 is 1.08 bits per heavy atom. The molecule has 3 aromatic carbocycles. The SMILES string of the molecule is Cc1ccc(-n2c(C)nnc2S[C@H](C[N+](=O)[O-])c2ccc(OCc3ccccc3F)c(Cl)c2)cc1C. The lowest BCUT2D eigenvalue weighted by molar-refractivity contribution is -0.479. The zero-order valence-electron chi connectivity index (χ0n) is 19.9. The molecule has 10 heteroatoms. The van der Waals surface area contributed by atoms with E-state index in [0.717, 1.165) is 16.8 Å². The van der Waals surface area contributed by atoms with Crippen LogP contribution in [0.2, 0.25) is 5.02 Å². The number of hydrogen-bond donors (Lipinski definition) is 0. The van der Waals surface area contributed by atoms with Gasteiger partial charge in [0.1, 0.15) is 29.2 Å². The summed E-state index contributed by atoms with van der Waals surface area (Å²) in [6.07, 6.45) is 0. The van der Waals surface area contributed by atoms with Gasteiger partial charge in [-0.2, -0.15) is 0 Å². The summed E-state index contributed by atoms with van der Waals surface area (Å²) < 4.78 is 21.5. The molecule has 0 bridgehead atoms. The van der Waals surface area contributed by atoms with E-state index in [-0.39, 0.29) is 28.9 Å². The first-order chi connectivity index (χ1) is 17.2. The average Bonchev–Trinajstić information content (AvgIpc) is 3.20. The van der Waals surface area contributed by atoms with Gasteiger partial charge in [-0.1, -0.05) is 53.7 Å². The largest absolute Gasteiger partial charge is 0.487 e. The summed E-state index contributed by atoms with van der Waals surface area (Å²) in [6, 6.07) is 17.4. The third-order valence-corrected chi connectivity index (χ3v) is 7.25. The van der Waals surface area contributed by atoms with Gasteiger partial charge in [0.2, 0.25) is 6.54 Å². The van der Waals surface area contributed by atoms with Crippen LogP contribution in [0.5, 0.6) is 5.75 Å². The fourth-order valence-electron chi connectivity index (χ4n) is 3.66. The van der Waals surface area contributed by atoms with E-state index in [2.05, 4.69) is 10.2 Å². The highest BCUT2D eigenvalue weighted by molar-refractivity contribution is 7.99.